The molecule has 11 heteroatoms. The summed E-state index contributed by atoms with van der Waals surface area (Å²) in [6.07, 6.45) is 4.92. The molecule has 0 spiro atoms. The number of ether oxygens (including phenoxy) is 1. The predicted octanol–water partition coefficient (Wildman–Crippen LogP) is 0.594. The van der Waals surface area contributed by atoms with E-state index in [4.69, 9.17) is 4.74 Å². The molecule has 10 nitrogen and oxygen atoms in total. The molecule has 0 unspecified atom stereocenters. The van der Waals surface area contributed by atoms with Gasteiger partial charge in [-0.3, -0.25) is 9.89 Å². The molecule has 29 heavy (non-hydrogen) atoms. The van der Waals surface area contributed by atoms with E-state index < -0.39 is 15.9 Å². The van der Waals surface area contributed by atoms with Gasteiger partial charge in [0.1, 0.15) is 11.6 Å². The lowest BCUT2D eigenvalue weighted by Crippen LogP contribution is -2.42. The zero-order chi connectivity index (χ0) is 20.4. The molecule has 0 radical (unpaired) electrons. The number of nitrogens with zero attached hydrogens (tertiary/aromatic N) is 4. The first-order valence-electron chi connectivity index (χ1n) is 8.77. The van der Waals surface area contributed by atoms with Crippen molar-refractivity contribution in [3.05, 3.63) is 54.0 Å². The first-order valence-corrected chi connectivity index (χ1v) is 10.4. The molecule has 1 aromatic carbocycles. The van der Waals surface area contributed by atoms with Gasteiger partial charge in [-0.15, -0.1) is 4.40 Å². The summed E-state index contributed by atoms with van der Waals surface area (Å²) >= 11 is 0. The van der Waals surface area contributed by atoms with E-state index in [2.05, 4.69) is 24.9 Å². The van der Waals surface area contributed by atoms with E-state index in [1.54, 1.807) is 36.4 Å². The van der Waals surface area contributed by atoms with E-state index in [-0.39, 0.29) is 30.3 Å². The van der Waals surface area contributed by atoms with Crippen LogP contribution in [0.25, 0.3) is 11.4 Å². The number of H-pyrrole nitrogens is 1. The van der Waals surface area contributed by atoms with E-state index >= 15 is 0 Å². The van der Waals surface area contributed by atoms with Crippen LogP contribution in [0.1, 0.15) is 5.82 Å². The zero-order valence-corrected chi connectivity index (χ0v) is 16.3. The number of aromatic amines is 1. The Morgan fingerprint density at radius 3 is 2.86 bits per heavy atom. The highest BCUT2D eigenvalue weighted by molar-refractivity contribution is 7.90. The van der Waals surface area contributed by atoms with Crippen LogP contribution in [0.4, 0.5) is 0 Å². The van der Waals surface area contributed by atoms with Gasteiger partial charge in [0.25, 0.3) is 15.9 Å². The fourth-order valence-electron chi connectivity index (χ4n) is 2.90. The molecule has 0 atom stereocenters. The van der Waals surface area contributed by atoms with Gasteiger partial charge in [0.05, 0.1) is 25.0 Å². The Morgan fingerprint density at radius 2 is 2.10 bits per heavy atom. The summed E-state index contributed by atoms with van der Waals surface area (Å²) in [5, 5.41) is 9.65. The minimum Gasteiger partial charge on any atom is -0.497 e. The molecule has 4 rings (SSSR count). The number of fused-ring (bicyclic) bond motifs is 1. The number of nitrogens with one attached hydrogen (secondary N) is 2. The monoisotopic (exact) mass is 414 g/mol. The largest absolute Gasteiger partial charge is 0.497 e. The molecule has 2 aliphatic rings. The Hall–Kier alpha value is -3.47. The molecule has 0 saturated heterocycles. The molecule has 150 valence electrons. The maximum absolute atomic E-state index is 12.6. The van der Waals surface area contributed by atoms with E-state index in [9.17, 15) is 13.2 Å². The SMILES string of the molecule is COc1ccc(-c2n[nH]c(CNC(=O)C3=CC=CN4CCS(=O)(=O)N=C34)n2)cc1. The summed E-state index contributed by atoms with van der Waals surface area (Å²) in [4.78, 5) is 18.6. The quantitative estimate of drug-likeness (QED) is 0.732. The number of sulfonamides is 1. The number of carbonyl (C=O) groups is 1. The third kappa shape index (κ3) is 4.04. The van der Waals surface area contributed by atoms with Crippen molar-refractivity contribution >= 4 is 21.8 Å². The minimum absolute atomic E-state index is 0.0814. The number of allylic oxidation sites excluding steroid dienone is 2. The summed E-state index contributed by atoms with van der Waals surface area (Å²) in [5.74, 6) is 1.29. The fraction of sp³-hybridized carbons (Fsp3) is 0.222. The number of rotatable bonds is 5. The van der Waals surface area contributed by atoms with Gasteiger partial charge < -0.3 is 15.0 Å². The van der Waals surface area contributed by atoms with Crippen molar-refractivity contribution in [2.24, 2.45) is 4.40 Å². The third-order valence-electron chi connectivity index (χ3n) is 4.40. The van der Waals surface area contributed by atoms with Crippen LogP contribution < -0.4 is 10.1 Å². The topological polar surface area (TPSA) is 130 Å². The molecular formula is C18H18N6O4S. The van der Waals surface area contributed by atoms with Crippen molar-refractivity contribution in [2.45, 2.75) is 6.54 Å². The predicted molar refractivity (Wildman–Crippen MR) is 105 cm³/mol. The number of hydrogen-bond donors (Lipinski definition) is 2. The van der Waals surface area contributed by atoms with Crippen LogP contribution in [0.2, 0.25) is 0 Å². The summed E-state index contributed by atoms with van der Waals surface area (Å²) in [5.41, 5.74) is 0.989. The fourth-order valence-corrected chi connectivity index (χ4v) is 3.88. The average Bonchev–Trinajstić information content (AvgIpc) is 3.20. The van der Waals surface area contributed by atoms with E-state index in [0.29, 0.717) is 11.6 Å². The molecule has 2 aromatic rings. The van der Waals surface area contributed by atoms with Crippen LogP contribution in [-0.2, 0) is 21.4 Å². The molecule has 0 bridgehead atoms. The van der Waals surface area contributed by atoms with Crippen molar-refractivity contribution in [2.75, 3.05) is 19.4 Å². The molecule has 1 amide bonds. The number of benzene rings is 1. The summed E-state index contributed by atoms with van der Waals surface area (Å²) in [6.45, 7) is 0.360. The van der Waals surface area contributed by atoms with Gasteiger partial charge in [-0.1, -0.05) is 0 Å². The van der Waals surface area contributed by atoms with Gasteiger partial charge in [-0.25, -0.2) is 13.4 Å². The highest BCUT2D eigenvalue weighted by Crippen LogP contribution is 2.20. The molecular weight excluding hydrogens is 396 g/mol. The smallest absolute Gasteiger partial charge is 0.256 e. The average molecular weight is 414 g/mol. The lowest BCUT2D eigenvalue weighted by molar-refractivity contribution is -0.117. The Morgan fingerprint density at radius 1 is 1.31 bits per heavy atom. The van der Waals surface area contributed by atoms with Crippen molar-refractivity contribution in [3.8, 4) is 17.1 Å². The van der Waals surface area contributed by atoms with Crippen LogP contribution in [0.15, 0.2) is 52.6 Å². The highest BCUT2D eigenvalue weighted by Gasteiger charge is 2.29. The maximum Gasteiger partial charge on any atom is 0.256 e. The third-order valence-corrected chi connectivity index (χ3v) is 5.55. The van der Waals surface area contributed by atoms with Crippen LogP contribution >= 0.6 is 0 Å². The summed E-state index contributed by atoms with van der Waals surface area (Å²) in [7, 11) is -1.97. The van der Waals surface area contributed by atoms with E-state index in [1.165, 1.54) is 6.08 Å². The first kappa shape index (κ1) is 18.9. The van der Waals surface area contributed by atoms with E-state index in [1.807, 2.05) is 12.1 Å². The number of methoxy groups -OCH3 is 1. The van der Waals surface area contributed by atoms with Gasteiger partial charge in [-0.2, -0.15) is 5.10 Å². The molecule has 0 aliphatic carbocycles. The van der Waals surface area contributed by atoms with Crippen molar-refractivity contribution < 1.29 is 17.9 Å². The lowest BCUT2D eigenvalue weighted by Gasteiger charge is -2.28. The lowest BCUT2D eigenvalue weighted by atomic mass is 10.1. The Labute approximate surface area is 167 Å². The number of carbonyl (C=O) groups excluding carboxylic acids is 1. The Kier molecular flexibility index (Phi) is 4.89. The van der Waals surface area contributed by atoms with Gasteiger partial charge in [0.2, 0.25) is 0 Å². The standard InChI is InChI=1S/C18H18N6O4S/c1-28-13-6-4-12(5-7-13)16-20-15(21-22-16)11-19-18(25)14-3-2-8-24-9-10-29(26,27)23-17(14)24/h2-8H,9-11H2,1H3,(H,19,25)(H,20,21,22). The second-order valence-electron chi connectivity index (χ2n) is 6.33. The van der Waals surface area contributed by atoms with Gasteiger partial charge >= 0.3 is 0 Å². The number of amides is 1. The zero-order valence-electron chi connectivity index (χ0n) is 15.5. The Balaban J connectivity index is 1.45. The minimum atomic E-state index is -3.56. The highest BCUT2D eigenvalue weighted by atomic mass is 32.2. The Bertz CT molecular complexity index is 1130. The second kappa shape index (κ2) is 7.51. The second-order valence-corrected chi connectivity index (χ2v) is 8.09. The molecule has 0 fully saturated rings. The van der Waals surface area contributed by atoms with Crippen molar-refractivity contribution in [3.63, 3.8) is 0 Å². The van der Waals surface area contributed by atoms with Crippen LogP contribution in [0, 0.1) is 0 Å². The summed E-state index contributed by atoms with van der Waals surface area (Å²) in [6, 6.07) is 7.28. The van der Waals surface area contributed by atoms with Crippen molar-refractivity contribution in [1.29, 1.82) is 0 Å². The van der Waals surface area contributed by atoms with Gasteiger partial charge in [0.15, 0.2) is 11.7 Å². The first-order chi connectivity index (χ1) is 13.9. The van der Waals surface area contributed by atoms with Crippen LogP contribution in [0.5, 0.6) is 5.75 Å². The van der Waals surface area contributed by atoms with Crippen LogP contribution in [-0.4, -0.2) is 59.6 Å². The van der Waals surface area contributed by atoms with E-state index in [0.717, 1.165) is 11.3 Å². The summed E-state index contributed by atoms with van der Waals surface area (Å²) < 4.78 is 32.5. The molecule has 1 aromatic heterocycles. The molecule has 3 heterocycles. The number of aromatic nitrogens is 3. The molecule has 2 N–H and O–H groups in total. The number of amidine groups is 1. The van der Waals surface area contributed by atoms with Gasteiger partial charge in [-0.05, 0) is 36.4 Å². The van der Waals surface area contributed by atoms with Crippen LogP contribution in [0.3, 0.4) is 0 Å². The molecule has 0 saturated carbocycles. The van der Waals surface area contributed by atoms with Crippen molar-refractivity contribution in [1.82, 2.24) is 25.4 Å². The molecule has 2 aliphatic heterocycles. The maximum atomic E-state index is 12.6. The normalized spacial score (nSPS) is 17.2. The number of hydrogen-bond acceptors (Lipinski definition) is 7. The van der Waals surface area contributed by atoms with Gasteiger partial charge in [0, 0.05) is 18.3 Å².